The van der Waals surface area contributed by atoms with E-state index >= 15 is 0 Å². The zero-order chi connectivity index (χ0) is 13.4. The molecule has 2 heteroatoms. The maximum absolute atomic E-state index is 5.70. The van der Waals surface area contributed by atoms with Crippen LogP contribution in [0.2, 0.25) is 0 Å². The van der Waals surface area contributed by atoms with E-state index in [1.807, 2.05) is 37.7 Å². The molecule has 0 atom stereocenters. The predicted octanol–water partition coefficient (Wildman–Crippen LogP) is 5.07. The van der Waals surface area contributed by atoms with Crippen molar-refractivity contribution in [1.29, 1.82) is 0 Å². The molecule has 18 heavy (non-hydrogen) atoms. The summed E-state index contributed by atoms with van der Waals surface area (Å²) in [7, 11) is 0. The summed E-state index contributed by atoms with van der Waals surface area (Å²) < 4.78 is 0. The molecule has 0 aliphatic carbocycles. The van der Waals surface area contributed by atoms with Crippen molar-refractivity contribution in [2.45, 2.75) is 25.7 Å². The lowest BCUT2D eigenvalue weighted by molar-refractivity contribution is 1.42. The van der Waals surface area contributed by atoms with Crippen LogP contribution >= 0.6 is 11.8 Å². The van der Waals surface area contributed by atoms with Crippen LogP contribution < -0.4 is 5.73 Å². The number of benzene rings is 2. The van der Waals surface area contributed by atoms with Gasteiger partial charge < -0.3 is 5.73 Å². The van der Waals surface area contributed by atoms with Crippen LogP contribution in [0.1, 0.15) is 20.8 Å². The highest BCUT2D eigenvalue weighted by Crippen LogP contribution is 2.31. The molecule has 0 spiro atoms. The molecule has 2 aromatic rings. The van der Waals surface area contributed by atoms with E-state index in [-0.39, 0.29) is 0 Å². The van der Waals surface area contributed by atoms with Gasteiger partial charge in [0.25, 0.3) is 0 Å². The molecule has 0 aliphatic rings. The summed E-state index contributed by atoms with van der Waals surface area (Å²) in [5.74, 6) is 1.09. The fourth-order valence-electron chi connectivity index (χ4n) is 1.65. The summed E-state index contributed by atoms with van der Waals surface area (Å²) in [6, 6.07) is 16.5. The normalized spacial score (nSPS) is 9.50. The molecule has 0 aliphatic heterocycles. The van der Waals surface area contributed by atoms with Gasteiger partial charge in [0.2, 0.25) is 0 Å². The molecule has 0 saturated carbocycles. The molecule has 0 radical (unpaired) electrons. The minimum absolute atomic E-state index is 0.810. The van der Waals surface area contributed by atoms with Crippen molar-refractivity contribution in [3.8, 4) is 11.1 Å². The van der Waals surface area contributed by atoms with Gasteiger partial charge in [-0.2, -0.15) is 0 Å². The maximum atomic E-state index is 5.70. The SMILES string of the molecule is CC.CCSc1ccccc1-c1ccc(N)cc1. The zero-order valence-electron chi connectivity index (χ0n) is 11.3. The Bertz CT molecular complexity index is 463. The zero-order valence-corrected chi connectivity index (χ0v) is 12.1. The van der Waals surface area contributed by atoms with Crippen molar-refractivity contribution < 1.29 is 0 Å². The number of anilines is 1. The van der Waals surface area contributed by atoms with Gasteiger partial charge >= 0.3 is 0 Å². The highest BCUT2D eigenvalue weighted by molar-refractivity contribution is 7.99. The molecule has 1 nitrogen and oxygen atoms in total. The monoisotopic (exact) mass is 259 g/mol. The molecule has 0 unspecified atom stereocenters. The predicted molar refractivity (Wildman–Crippen MR) is 84.0 cm³/mol. The first-order valence-electron chi connectivity index (χ1n) is 6.39. The van der Waals surface area contributed by atoms with Crippen LogP contribution in [-0.2, 0) is 0 Å². The van der Waals surface area contributed by atoms with Gasteiger partial charge in [-0.25, -0.2) is 0 Å². The molecule has 2 rings (SSSR count). The molecule has 2 aromatic carbocycles. The smallest absolute Gasteiger partial charge is 0.0314 e. The number of hydrogen-bond donors (Lipinski definition) is 1. The van der Waals surface area contributed by atoms with E-state index in [1.165, 1.54) is 16.0 Å². The summed E-state index contributed by atoms with van der Waals surface area (Å²) in [6.07, 6.45) is 0. The molecule has 0 saturated heterocycles. The summed E-state index contributed by atoms with van der Waals surface area (Å²) in [4.78, 5) is 1.33. The van der Waals surface area contributed by atoms with E-state index in [2.05, 4.69) is 43.3 Å². The van der Waals surface area contributed by atoms with Gasteiger partial charge in [0.05, 0.1) is 0 Å². The number of hydrogen-bond acceptors (Lipinski definition) is 2. The van der Waals surface area contributed by atoms with Gasteiger partial charge in [-0.05, 0) is 35.1 Å². The Kier molecular flexibility index (Phi) is 6.37. The number of thioether (sulfide) groups is 1. The van der Waals surface area contributed by atoms with Crippen LogP contribution in [0, 0.1) is 0 Å². The lowest BCUT2D eigenvalue weighted by atomic mass is 10.1. The molecule has 96 valence electrons. The summed E-state index contributed by atoms with van der Waals surface area (Å²) in [5, 5.41) is 0. The minimum atomic E-state index is 0.810. The molecule has 0 heterocycles. The highest BCUT2D eigenvalue weighted by Gasteiger charge is 2.03. The van der Waals surface area contributed by atoms with Crippen molar-refractivity contribution in [3.05, 3.63) is 48.5 Å². The van der Waals surface area contributed by atoms with Gasteiger partial charge in [0.15, 0.2) is 0 Å². The van der Waals surface area contributed by atoms with Crippen molar-refractivity contribution >= 4 is 17.4 Å². The van der Waals surface area contributed by atoms with Gasteiger partial charge in [-0.15, -0.1) is 11.8 Å². The average Bonchev–Trinajstić information content (AvgIpc) is 2.43. The van der Waals surface area contributed by atoms with Crippen molar-refractivity contribution in [3.63, 3.8) is 0 Å². The Hall–Kier alpha value is -1.41. The molecular weight excluding hydrogens is 238 g/mol. The summed E-state index contributed by atoms with van der Waals surface area (Å²) >= 11 is 1.87. The number of nitrogens with two attached hydrogens (primary N) is 1. The Labute approximate surface area is 114 Å². The minimum Gasteiger partial charge on any atom is -0.399 e. The number of rotatable bonds is 3. The van der Waals surface area contributed by atoms with Gasteiger partial charge in [-0.3, -0.25) is 0 Å². The van der Waals surface area contributed by atoms with Gasteiger partial charge in [-0.1, -0.05) is 51.1 Å². The summed E-state index contributed by atoms with van der Waals surface area (Å²) in [5.41, 5.74) is 9.02. The lowest BCUT2D eigenvalue weighted by Gasteiger charge is -2.08. The molecule has 2 N–H and O–H groups in total. The molecule has 0 bridgehead atoms. The lowest BCUT2D eigenvalue weighted by Crippen LogP contribution is -1.85. The van der Waals surface area contributed by atoms with Crippen LogP contribution in [0.5, 0.6) is 0 Å². The molecule has 0 aromatic heterocycles. The first-order chi connectivity index (χ1) is 8.81. The molecule has 0 fully saturated rings. The van der Waals surface area contributed by atoms with Crippen LogP contribution in [-0.4, -0.2) is 5.75 Å². The Morgan fingerprint density at radius 1 is 0.944 bits per heavy atom. The van der Waals surface area contributed by atoms with E-state index in [9.17, 15) is 0 Å². The Balaban J connectivity index is 0.000000771. The first kappa shape index (κ1) is 14.7. The third-order valence-electron chi connectivity index (χ3n) is 2.41. The standard InChI is InChI=1S/C14H15NS.C2H6/c1-2-16-14-6-4-3-5-13(14)11-7-9-12(15)10-8-11;1-2/h3-10H,2,15H2,1H3;1-2H3. The van der Waals surface area contributed by atoms with Crippen molar-refractivity contribution in [2.75, 3.05) is 11.5 Å². The van der Waals surface area contributed by atoms with Crippen LogP contribution in [0.4, 0.5) is 5.69 Å². The second kappa shape index (κ2) is 7.83. The highest BCUT2D eigenvalue weighted by atomic mass is 32.2. The van der Waals surface area contributed by atoms with E-state index < -0.39 is 0 Å². The van der Waals surface area contributed by atoms with Crippen LogP contribution in [0.3, 0.4) is 0 Å². The topological polar surface area (TPSA) is 26.0 Å². The van der Waals surface area contributed by atoms with Crippen molar-refractivity contribution in [1.82, 2.24) is 0 Å². The van der Waals surface area contributed by atoms with Gasteiger partial charge in [0, 0.05) is 10.6 Å². The third kappa shape index (κ3) is 3.81. The van der Waals surface area contributed by atoms with E-state index in [1.54, 1.807) is 0 Å². The van der Waals surface area contributed by atoms with Crippen molar-refractivity contribution in [2.24, 2.45) is 0 Å². The van der Waals surface area contributed by atoms with E-state index in [0.717, 1.165) is 11.4 Å². The Morgan fingerprint density at radius 3 is 2.17 bits per heavy atom. The fraction of sp³-hybridized carbons (Fsp3) is 0.250. The van der Waals surface area contributed by atoms with Crippen LogP contribution in [0.25, 0.3) is 11.1 Å². The third-order valence-corrected chi connectivity index (χ3v) is 3.36. The van der Waals surface area contributed by atoms with Crippen LogP contribution in [0.15, 0.2) is 53.4 Å². The fourth-order valence-corrected chi connectivity index (χ4v) is 2.48. The van der Waals surface area contributed by atoms with E-state index in [0.29, 0.717) is 0 Å². The quantitative estimate of drug-likeness (QED) is 0.615. The number of nitrogen functional groups attached to an aromatic ring is 1. The summed E-state index contributed by atoms with van der Waals surface area (Å²) in [6.45, 7) is 6.17. The van der Waals surface area contributed by atoms with E-state index in [4.69, 9.17) is 5.73 Å². The first-order valence-corrected chi connectivity index (χ1v) is 7.37. The van der Waals surface area contributed by atoms with Gasteiger partial charge in [0.1, 0.15) is 0 Å². The second-order valence-corrected chi connectivity index (χ2v) is 4.86. The maximum Gasteiger partial charge on any atom is 0.0314 e. The largest absolute Gasteiger partial charge is 0.399 e. The average molecular weight is 259 g/mol. The molecular formula is C16H21NS. The molecule has 0 amide bonds. The second-order valence-electron chi connectivity index (χ2n) is 3.55. The Morgan fingerprint density at radius 2 is 1.56 bits per heavy atom.